The zero-order valence-electron chi connectivity index (χ0n) is 17.7. The number of hydrogen-bond donors (Lipinski definition) is 1. The summed E-state index contributed by atoms with van der Waals surface area (Å²) >= 11 is 1.63. The minimum Gasteiger partial charge on any atom is -0.373 e. The van der Waals surface area contributed by atoms with Crippen molar-refractivity contribution in [1.82, 2.24) is 14.5 Å². The van der Waals surface area contributed by atoms with Crippen molar-refractivity contribution in [3.8, 4) is 0 Å². The summed E-state index contributed by atoms with van der Waals surface area (Å²) in [4.78, 5) is 17.3. The van der Waals surface area contributed by atoms with E-state index >= 15 is 0 Å². The van der Waals surface area contributed by atoms with Crippen LogP contribution in [0.3, 0.4) is 0 Å². The summed E-state index contributed by atoms with van der Waals surface area (Å²) < 4.78 is 32.4. The fourth-order valence-corrected chi connectivity index (χ4v) is 5.41. The number of thioether (sulfide) groups is 1. The van der Waals surface area contributed by atoms with Gasteiger partial charge in [-0.05, 0) is 58.0 Å². The molecule has 0 aliphatic carbocycles. The Bertz CT molecular complexity index is 584. The first-order chi connectivity index (χ1) is 13.2. The van der Waals surface area contributed by atoms with Crippen LogP contribution in [0.4, 0.5) is 0 Å². The third-order valence-corrected chi connectivity index (χ3v) is 7.60. The van der Waals surface area contributed by atoms with Crippen LogP contribution in [-0.2, 0) is 19.6 Å². The molecule has 2 aliphatic heterocycles. The van der Waals surface area contributed by atoms with Gasteiger partial charge in [0.05, 0.1) is 18.0 Å². The van der Waals surface area contributed by atoms with Gasteiger partial charge in [0.15, 0.2) is 0 Å². The Balaban J connectivity index is 1.86. The summed E-state index contributed by atoms with van der Waals surface area (Å²) in [5.74, 6) is 1.26. The first kappa shape index (κ1) is 23.9. The molecule has 0 bridgehead atoms. The minimum atomic E-state index is -3.40. The first-order valence-corrected chi connectivity index (χ1v) is 13.4. The van der Waals surface area contributed by atoms with E-state index in [9.17, 15) is 13.2 Å². The number of amides is 1. The highest BCUT2D eigenvalue weighted by atomic mass is 32.2. The molecule has 9 heteroatoms. The van der Waals surface area contributed by atoms with E-state index in [0.29, 0.717) is 25.4 Å². The SMILES string of the molecule is CCS(=O)(=O)NC(CCSC)C(=O)N1CCC(CN2CC(C)OC(C)C2)CC1. The fourth-order valence-electron chi connectivity index (χ4n) is 4.12. The predicted molar refractivity (Wildman–Crippen MR) is 115 cm³/mol. The Kier molecular flexibility index (Phi) is 9.53. The van der Waals surface area contributed by atoms with Crippen molar-refractivity contribution in [1.29, 1.82) is 0 Å². The molecule has 2 fully saturated rings. The molecule has 0 spiro atoms. The van der Waals surface area contributed by atoms with Crippen LogP contribution in [0.5, 0.6) is 0 Å². The molecular formula is C19H37N3O4S2. The Morgan fingerprint density at radius 1 is 1.21 bits per heavy atom. The molecule has 2 saturated heterocycles. The number of likely N-dealkylation sites (tertiary alicyclic amines) is 1. The van der Waals surface area contributed by atoms with E-state index in [1.54, 1.807) is 18.7 Å². The quantitative estimate of drug-likeness (QED) is 0.590. The van der Waals surface area contributed by atoms with Gasteiger partial charge in [-0.2, -0.15) is 11.8 Å². The van der Waals surface area contributed by atoms with Gasteiger partial charge in [0.2, 0.25) is 15.9 Å². The number of sulfonamides is 1. The van der Waals surface area contributed by atoms with Gasteiger partial charge in [-0.15, -0.1) is 0 Å². The molecule has 3 atom stereocenters. The topological polar surface area (TPSA) is 79.0 Å². The van der Waals surface area contributed by atoms with Crippen LogP contribution in [0, 0.1) is 5.92 Å². The second kappa shape index (κ2) is 11.2. The fraction of sp³-hybridized carbons (Fsp3) is 0.947. The van der Waals surface area contributed by atoms with Crippen molar-refractivity contribution in [3.63, 3.8) is 0 Å². The molecule has 0 aromatic rings. The van der Waals surface area contributed by atoms with Gasteiger partial charge < -0.3 is 9.64 Å². The van der Waals surface area contributed by atoms with E-state index in [1.807, 2.05) is 11.2 Å². The van der Waals surface area contributed by atoms with Crippen LogP contribution in [0.2, 0.25) is 0 Å². The van der Waals surface area contributed by atoms with Gasteiger partial charge in [-0.1, -0.05) is 0 Å². The first-order valence-electron chi connectivity index (χ1n) is 10.4. The lowest BCUT2D eigenvalue weighted by Crippen LogP contribution is -2.52. The van der Waals surface area contributed by atoms with Gasteiger partial charge in [-0.3, -0.25) is 9.69 Å². The summed E-state index contributed by atoms with van der Waals surface area (Å²) in [6.07, 6.45) is 4.99. The molecular weight excluding hydrogens is 398 g/mol. The van der Waals surface area contributed by atoms with Crippen molar-refractivity contribution < 1.29 is 17.9 Å². The van der Waals surface area contributed by atoms with E-state index in [1.165, 1.54) is 0 Å². The van der Waals surface area contributed by atoms with Crippen LogP contribution in [0.25, 0.3) is 0 Å². The number of piperidine rings is 1. The Hall–Kier alpha value is -0.350. The number of nitrogens with one attached hydrogen (secondary N) is 1. The third kappa shape index (κ3) is 7.48. The molecule has 0 aromatic heterocycles. The van der Waals surface area contributed by atoms with E-state index < -0.39 is 16.1 Å². The molecule has 1 amide bonds. The Morgan fingerprint density at radius 3 is 2.36 bits per heavy atom. The summed E-state index contributed by atoms with van der Waals surface area (Å²) in [6.45, 7) is 10.3. The lowest BCUT2D eigenvalue weighted by Gasteiger charge is -2.40. The molecule has 164 valence electrons. The summed E-state index contributed by atoms with van der Waals surface area (Å²) in [6, 6.07) is -0.644. The Morgan fingerprint density at radius 2 is 1.82 bits per heavy atom. The molecule has 7 nitrogen and oxygen atoms in total. The van der Waals surface area contributed by atoms with E-state index in [-0.39, 0.29) is 23.9 Å². The van der Waals surface area contributed by atoms with Crippen molar-refractivity contribution >= 4 is 27.7 Å². The molecule has 3 unspecified atom stereocenters. The van der Waals surface area contributed by atoms with Crippen molar-refractivity contribution in [3.05, 3.63) is 0 Å². The van der Waals surface area contributed by atoms with E-state index in [0.717, 1.165) is 38.2 Å². The van der Waals surface area contributed by atoms with E-state index in [4.69, 9.17) is 4.74 Å². The van der Waals surface area contributed by atoms with Crippen LogP contribution in [-0.4, -0.2) is 92.9 Å². The zero-order valence-corrected chi connectivity index (χ0v) is 19.4. The summed E-state index contributed by atoms with van der Waals surface area (Å²) in [5, 5.41) is 0. The van der Waals surface area contributed by atoms with Crippen molar-refractivity contribution in [2.45, 2.75) is 58.3 Å². The molecule has 2 heterocycles. The highest BCUT2D eigenvalue weighted by Crippen LogP contribution is 2.22. The van der Waals surface area contributed by atoms with E-state index in [2.05, 4.69) is 23.5 Å². The van der Waals surface area contributed by atoms with Gasteiger partial charge in [-0.25, -0.2) is 13.1 Å². The number of carbonyl (C=O) groups is 1. The molecule has 28 heavy (non-hydrogen) atoms. The van der Waals surface area contributed by atoms with Gasteiger partial charge >= 0.3 is 0 Å². The molecule has 1 N–H and O–H groups in total. The number of hydrogen-bond acceptors (Lipinski definition) is 6. The maximum absolute atomic E-state index is 12.9. The number of morpholine rings is 1. The lowest BCUT2D eigenvalue weighted by atomic mass is 9.95. The third-order valence-electron chi connectivity index (χ3n) is 5.55. The lowest BCUT2D eigenvalue weighted by molar-refractivity contribution is -0.134. The van der Waals surface area contributed by atoms with Crippen LogP contribution >= 0.6 is 11.8 Å². The second-order valence-electron chi connectivity index (χ2n) is 8.10. The number of rotatable bonds is 9. The van der Waals surface area contributed by atoms with Crippen LogP contribution in [0.1, 0.15) is 40.0 Å². The maximum Gasteiger partial charge on any atom is 0.240 e. The average Bonchev–Trinajstić information content (AvgIpc) is 2.64. The van der Waals surface area contributed by atoms with Crippen molar-refractivity contribution in [2.75, 3.05) is 50.5 Å². The van der Waals surface area contributed by atoms with Crippen molar-refractivity contribution in [2.24, 2.45) is 5.92 Å². The van der Waals surface area contributed by atoms with Gasteiger partial charge in [0.1, 0.15) is 6.04 Å². The molecule has 2 aliphatic rings. The number of ether oxygens (including phenoxy) is 1. The second-order valence-corrected chi connectivity index (χ2v) is 11.1. The summed E-state index contributed by atoms with van der Waals surface area (Å²) in [5.41, 5.74) is 0. The van der Waals surface area contributed by atoms with Crippen LogP contribution in [0.15, 0.2) is 0 Å². The van der Waals surface area contributed by atoms with Crippen LogP contribution < -0.4 is 4.72 Å². The average molecular weight is 436 g/mol. The normalized spacial score (nSPS) is 26.4. The smallest absolute Gasteiger partial charge is 0.240 e. The standard InChI is InChI=1S/C19H37N3O4S2/c1-5-28(24,25)20-18(8-11-27-4)19(23)22-9-6-17(7-10-22)14-21-12-15(2)26-16(3)13-21/h15-18,20H,5-14H2,1-4H3. The number of carbonyl (C=O) groups excluding carboxylic acids is 1. The Labute approximate surface area is 175 Å². The summed E-state index contributed by atoms with van der Waals surface area (Å²) in [7, 11) is -3.40. The minimum absolute atomic E-state index is 0.00544. The van der Waals surface area contributed by atoms with Gasteiger partial charge in [0, 0.05) is 32.7 Å². The molecule has 2 rings (SSSR count). The highest BCUT2D eigenvalue weighted by Gasteiger charge is 2.31. The largest absolute Gasteiger partial charge is 0.373 e. The maximum atomic E-state index is 12.9. The molecule has 0 aromatic carbocycles. The molecule has 0 radical (unpaired) electrons. The zero-order chi connectivity index (χ0) is 20.7. The van der Waals surface area contributed by atoms with Gasteiger partial charge in [0.25, 0.3) is 0 Å². The molecule has 0 saturated carbocycles. The predicted octanol–water partition coefficient (Wildman–Crippen LogP) is 1.40. The highest BCUT2D eigenvalue weighted by molar-refractivity contribution is 7.98. The monoisotopic (exact) mass is 435 g/mol. The number of nitrogens with zero attached hydrogens (tertiary/aromatic N) is 2.